The van der Waals surface area contributed by atoms with Gasteiger partial charge in [-0.3, -0.25) is 0 Å². The van der Waals surface area contributed by atoms with Gasteiger partial charge in [-0.25, -0.2) is 0 Å². The van der Waals surface area contributed by atoms with Crippen molar-refractivity contribution >= 4 is 11.3 Å². The highest BCUT2D eigenvalue weighted by Crippen LogP contribution is 2.19. The van der Waals surface area contributed by atoms with Crippen LogP contribution in [0.1, 0.15) is 59.9 Å². The maximum atomic E-state index is 5.48. The third kappa shape index (κ3) is 12.4. The SMILES string of the molecule is C=C(C)/C=C(\C)c1ccc(NC(=C)CCN)cc1.CC.CCC. The van der Waals surface area contributed by atoms with E-state index in [9.17, 15) is 0 Å². The lowest BCUT2D eigenvalue weighted by molar-refractivity contribution is 0.959. The minimum absolute atomic E-state index is 0.615. The summed E-state index contributed by atoms with van der Waals surface area (Å²) in [6.45, 7) is 20.8. The van der Waals surface area contributed by atoms with Crippen LogP contribution in [0.15, 0.2) is 54.8 Å². The van der Waals surface area contributed by atoms with E-state index in [0.717, 1.165) is 23.4 Å². The minimum Gasteiger partial charge on any atom is -0.359 e. The summed E-state index contributed by atoms with van der Waals surface area (Å²) in [7, 11) is 0. The Morgan fingerprint density at radius 1 is 1.09 bits per heavy atom. The third-order valence-electron chi connectivity index (χ3n) is 2.57. The molecular weight excluding hydrogens is 280 g/mol. The van der Waals surface area contributed by atoms with Gasteiger partial charge in [0.25, 0.3) is 0 Å². The number of anilines is 1. The highest BCUT2D eigenvalue weighted by Gasteiger charge is 1.98. The third-order valence-corrected chi connectivity index (χ3v) is 2.57. The molecule has 0 aromatic heterocycles. The zero-order chi connectivity index (χ0) is 18.3. The molecule has 0 bridgehead atoms. The zero-order valence-corrected chi connectivity index (χ0v) is 16.0. The first kappa shape index (κ1) is 23.5. The van der Waals surface area contributed by atoms with Crippen molar-refractivity contribution in [3.63, 3.8) is 0 Å². The van der Waals surface area contributed by atoms with Crippen LogP contribution >= 0.6 is 0 Å². The molecule has 0 radical (unpaired) electrons. The Kier molecular flexibility index (Phi) is 15.4. The summed E-state index contributed by atoms with van der Waals surface area (Å²) < 4.78 is 0. The molecule has 0 amide bonds. The molecule has 1 aromatic rings. The van der Waals surface area contributed by atoms with Gasteiger partial charge in [0.05, 0.1) is 0 Å². The molecule has 1 aromatic carbocycles. The molecule has 0 aliphatic rings. The van der Waals surface area contributed by atoms with E-state index in [1.54, 1.807) is 0 Å². The predicted octanol–water partition coefficient (Wildman–Crippen LogP) is 6.38. The molecule has 2 heteroatoms. The predicted molar refractivity (Wildman–Crippen MR) is 109 cm³/mol. The Morgan fingerprint density at radius 3 is 1.96 bits per heavy atom. The first-order valence-electron chi connectivity index (χ1n) is 8.53. The van der Waals surface area contributed by atoms with Crippen LogP contribution in [0, 0.1) is 0 Å². The van der Waals surface area contributed by atoms with E-state index in [0.29, 0.717) is 6.54 Å². The topological polar surface area (TPSA) is 38.0 Å². The summed E-state index contributed by atoms with van der Waals surface area (Å²) >= 11 is 0. The Labute approximate surface area is 144 Å². The van der Waals surface area contributed by atoms with Crippen molar-refractivity contribution in [3.8, 4) is 0 Å². The van der Waals surface area contributed by atoms with Crippen molar-refractivity contribution in [1.29, 1.82) is 0 Å². The summed E-state index contributed by atoms with van der Waals surface area (Å²) in [6.07, 6.45) is 4.12. The normalized spacial score (nSPS) is 9.78. The molecular formula is C21H36N2. The number of nitrogens with one attached hydrogen (secondary N) is 1. The van der Waals surface area contributed by atoms with Crippen molar-refractivity contribution in [3.05, 3.63) is 60.3 Å². The van der Waals surface area contributed by atoms with Crippen LogP contribution in [-0.2, 0) is 0 Å². The second-order valence-corrected chi connectivity index (χ2v) is 5.23. The van der Waals surface area contributed by atoms with Crippen molar-refractivity contribution in [2.24, 2.45) is 5.73 Å². The fourth-order valence-corrected chi connectivity index (χ4v) is 1.71. The number of hydrogen-bond acceptors (Lipinski definition) is 2. The minimum atomic E-state index is 0.615. The van der Waals surface area contributed by atoms with Crippen molar-refractivity contribution in [2.45, 2.75) is 54.4 Å². The molecule has 0 aliphatic heterocycles. The van der Waals surface area contributed by atoms with Gasteiger partial charge in [0.15, 0.2) is 0 Å². The first-order valence-corrected chi connectivity index (χ1v) is 8.53. The van der Waals surface area contributed by atoms with Gasteiger partial charge < -0.3 is 11.1 Å². The summed E-state index contributed by atoms with van der Waals surface area (Å²) in [5.41, 5.74) is 10.9. The van der Waals surface area contributed by atoms with E-state index >= 15 is 0 Å². The molecule has 1 rings (SSSR count). The fraction of sp³-hybridized carbons (Fsp3) is 0.429. The standard InChI is InChI=1S/C16H22N2.C3H8.C2H6/c1-12(2)11-13(3)15-5-7-16(8-6-15)18-14(4)9-10-17;1-3-2;1-2/h5-8,11,18H,1,4,9-10,17H2,2-3H3;3H2,1-2H3;1-2H3/b13-11+;;. The number of nitrogens with two attached hydrogens (primary N) is 1. The van der Waals surface area contributed by atoms with Gasteiger partial charge in [-0.15, -0.1) is 0 Å². The fourth-order valence-electron chi connectivity index (χ4n) is 1.71. The number of hydrogen-bond donors (Lipinski definition) is 2. The van der Waals surface area contributed by atoms with Crippen LogP contribution in [0.4, 0.5) is 5.69 Å². The molecule has 3 N–H and O–H groups in total. The lowest BCUT2D eigenvalue weighted by atomic mass is 10.1. The zero-order valence-electron chi connectivity index (χ0n) is 16.0. The van der Waals surface area contributed by atoms with E-state index in [1.165, 1.54) is 17.6 Å². The largest absolute Gasteiger partial charge is 0.359 e. The van der Waals surface area contributed by atoms with Gasteiger partial charge in [0.1, 0.15) is 0 Å². The van der Waals surface area contributed by atoms with Gasteiger partial charge in [0, 0.05) is 11.4 Å². The van der Waals surface area contributed by atoms with Gasteiger partial charge in [0.2, 0.25) is 0 Å². The molecule has 0 unspecified atom stereocenters. The van der Waals surface area contributed by atoms with E-state index in [4.69, 9.17) is 5.73 Å². The molecule has 130 valence electrons. The summed E-state index contributed by atoms with van der Waals surface area (Å²) in [4.78, 5) is 0. The monoisotopic (exact) mass is 316 g/mol. The van der Waals surface area contributed by atoms with E-state index in [-0.39, 0.29) is 0 Å². The quantitative estimate of drug-likeness (QED) is 0.597. The summed E-state index contributed by atoms with van der Waals surface area (Å²) in [6, 6.07) is 8.28. The van der Waals surface area contributed by atoms with Gasteiger partial charge >= 0.3 is 0 Å². The molecule has 0 fully saturated rings. The van der Waals surface area contributed by atoms with Crippen LogP contribution in [0.3, 0.4) is 0 Å². The Bertz CT molecular complexity index is 467. The molecule has 0 heterocycles. The Morgan fingerprint density at radius 2 is 1.57 bits per heavy atom. The lowest BCUT2D eigenvalue weighted by Gasteiger charge is -2.09. The second kappa shape index (κ2) is 15.1. The van der Waals surface area contributed by atoms with Crippen LogP contribution in [0.2, 0.25) is 0 Å². The van der Waals surface area contributed by atoms with Gasteiger partial charge in [-0.1, -0.05) is 71.1 Å². The maximum absolute atomic E-state index is 5.48. The number of rotatable bonds is 6. The second-order valence-electron chi connectivity index (χ2n) is 5.23. The van der Waals surface area contributed by atoms with Crippen LogP contribution < -0.4 is 11.1 Å². The molecule has 0 spiro atoms. The van der Waals surface area contributed by atoms with E-state index in [2.05, 4.69) is 57.5 Å². The maximum Gasteiger partial charge on any atom is 0.0382 e. The van der Waals surface area contributed by atoms with E-state index < -0.39 is 0 Å². The molecule has 2 nitrogen and oxygen atoms in total. The average Bonchev–Trinajstić information content (AvgIpc) is 2.50. The smallest absolute Gasteiger partial charge is 0.0382 e. The number of benzene rings is 1. The first-order chi connectivity index (χ1) is 10.9. The highest BCUT2D eigenvalue weighted by molar-refractivity contribution is 5.68. The molecule has 0 saturated heterocycles. The average molecular weight is 317 g/mol. The van der Waals surface area contributed by atoms with E-state index in [1.807, 2.05) is 32.9 Å². The highest BCUT2D eigenvalue weighted by atomic mass is 14.9. The van der Waals surface area contributed by atoms with Crippen LogP contribution in [0.25, 0.3) is 5.57 Å². The summed E-state index contributed by atoms with van der Waals surface area (Å²) in [5.74, 6) is 0. The van der Waals surface area contributed by atoms with Crippen molar-refractivity contribution in [2.75, 3.05) is 11.9 Å². The molecule has 23 heavy (non-hydrogen) atoms. The van der Waals surface area contributed by atoms with Crippen LogP contribution in [0.5, 0.6) is 0 Å². The molecule has 0 aliphatic carbocycles. The molecule has 0 saturated carbocycles. The van der Waals surface area contributed by atoms with Crippen LogP contribution in [-0.4, -0.2) is 6.54 Å². The Balaban J connectivity index is 0. The lowest BCUT2D eigenvalue weighted by Crippen LogP contribution is -2.05. The number of allylic oxidation sites excluding steroid dienone is 3. The van der Waals surface area contributed by atoms with Crippen molar-refractivity contribution in [1.82, 2.24) is 0 Å². The molecule has 0 atom stereocenters. The van der Waals surface area contributed by atoms with Crippen molar-refractivity contribution < 1.29 is 0 Å². The van der Waals surface area contributed by atoms with Gasteiger partial charge in [-0.2, -0.15) is 0 Å². The summed E-state index contributed by atoms with van der Waals surface area (Å²) in [5, 5.41) is 3.24. The Hall–Kier alpha value is -1.80. The van der Waals surface area contributed by atoms with Gasteiger partial charge in [-0.05, 0) is 50.1 Å².